The van der Waals surface area contributed by atoms with E-state index in [-0.39, 0.29) is 42.7 Å². The molecular weight excluding hydrogens is 496 g/mol. The van der Waals surface area contributed by atoms with Crippen molar-refractivity contribution in [1.82, 2.24) is 19.7 Å². The van der Waals surface area contributed by atoms with Gasteiger partial charge >= 0.3 is 12.2 Å². The number of aromatic nitrogens is 3. The van der Waals surface area contributed by atoms with Gasteiger partial charge in [0.05, 0.1) is 11.3 Å². The van der Waals surface area contributed by atoms with Crippen LogP contribution in [0.5, 0.6) is 5.88 Å². The Morgan fingerprint density at radius 2 is 1.94 bits per heavy atom. The van der Waals surface area contributed by atoms with Gasteiger partial charge in [-0.25, -0.2) is 14.1 Å². The van der Waals surface area contributed by atoms with Gasteiger partial charge in [-0.05, 0) is 45.3 Å². The number of pyridine rings is 1. The van der Waals surface area contributed by atoms with Crippen LogP contribution in [0, 0.1) is 12.7 Å². The van der Waals surface area contributed by atoms with E-state index in [1.165, 1.54) is 10.7 Å². The van der Waals surface area contributed by atoms with Crippen molar-refractivity contribution in [3.8, 4) is 5.88 Å². The van der Waals surface area contributed by atoms with E-state index in [1.807, 2.05) is 19.0 Å². The summed E-state index contributed by atoms with van der Waals surface area (Å²) in [4.78, 5) is 31.6. The van der Waals surface area contributed by atoms with E-state index in [0.717, 1.165) is 6.07 Å². The Kier molecular flexibility index (Phi) is 8.63. The summed E-state index contributed by atoms with van der Waals surface area (Å²) >= 11 is 0. The molecule has 0 bridgehead atoms. The number of imide groups is 1. The van der Waals surface area contributed by atoms with E-state index >= 15 is 0 Å². The molecule has 3 aromatic rings. The summed E-state index contributed by atoms with van der Waals surface area (Å²) in [6, 6.07) is 2.36. The fourth-order valence-electron chi connectivity index (χ4n) is 3.14. The molecule has 0 atom stereocenters. The van der Waals surface area contributed by atoms with E-state index in [2.05, 4.69) is 15.4 Å². The number of alkyl halides is 3. The van der Waals surface area contributed by atoms with Gasteiger partial charge in [0.2, 0.25) is 12.3 Å². The molecule has 1 aromatic carbocycles. The van der Waals surface area contributed by atoms with Crippen molar-refractivity contribution < 1.29 is 31.9 Å². The van der Waals surface area contributed by atoms with Gasteiger partial charge in [0.15, 0.2) is 5.65 Å². The molecule has 35 heavy (non-hydrogen) atoms. The molecular formula is C21H23ClF4N6O3. The zero-order valence-electron chi connectivity index (χ0n) is 19.2. The number of benzene rings is 1. The fraction of sp³-hybridized carbons (Fsp3) is 0.333. The maximum absolute atomic E-state index is 13.6. The summed E-state index contributed by atoms with van der Waals surface area (Å²) in [5.74, 6) is -1.54. The van der Waals surface area contributed by atoms with Crippen LogP contribution in [0.15, 0.2) is 24.3 Å². The average Bonchev–Trinajstić information content (AvgIpc) is 3.01. The quantitative estimate of drug-likeness (QED) is 0.375. The molecule has 2 heterocycles. The van der Waals surface area contributed by atoms with Crippen LogP contribution in [0.25, 0.3) is 11.0 Å². The number of anilines is 2. The van der Waals surface area contributed by atoms with Gasteiger partial charge in [0.1, 0.15) is 18.1 Å². The normalized spacial score (nSPS) is 11.3. The van der Waals surface area contributed by atoms with E-state index in [4.69, 9.17) is 4.74 Å². The molecule has 0 radical (unpaired) electrons. The number of fused-ring (bicyclic) bond motifs is 1. The van der Waals surface area contributed by atoms with Crippen LogP contribution in [-0.4, -0.2) is 59.4 Å². The Hall–Kier alpha value is -3.45. The highest BCUT2D eigenvalue weighted by Crippen LogP contribution is 2.34. The Labute approximate surface area is 204 Å². The van der Waals surface area contributed by atoms with Crippen molar-refractivity contribution in [3.05, 3.63) is 41.3 Å². The number of amides is 3. The largest absolute Gasteiger partial charge is 0.475 e. The molecule has 0 aliphatic heterocycles. The zero-order chi connectivity index (χ0) is 25.2. The highest BCUT2D eigenvalue weighted by atomic mass is 35.5. The van der Waals surface area contributed by atoms with Gasteiger partial charge in [0.25, 0.3) is 0 Å². The van der Waals surface area contributed by atoms with Crippen LogP contribution in [-0.2, 0) is 18.0 Å². The highest BCUT2D eigenvalue weighted by Gasteiger charge is 2.34. The number of carbonyl (C=O) groups is 2. The summed E-state index contributed by atoms with van der Waals surface area (Å²) < 4.78 is 59.8. The van der Waals surface area contributed by atoms with Gasteiger partial charge in [-0.3, -0.25) is 9.48 Å². The second-order valence-corrected chi connectivity index (χ2v) is 7.64. The lowest BCUT2D eigenvalue weighted by Gasteiger charge is -2.20. The minimum atomic E-state index is -4.96. The van der Waals surface area contributed by atoms with Crippen LogP contribution in [0.4, 0.5) is 33.7 Å². The molecule has 0 unspecified atom stereocenters. The molecule has 0 spiro atoms. The standard InChI is InChI=1S/C21H22F4N6O3.ClH/c1-12-14-10-17(19(34-8-7-29(2)3)27-18(14)30(4)28-12)31(11-32)20(33)26-13-5-6-16(22)15(9-13)21(23,24)25;/h5-6,9-11H,7-8H2,1-4H3,(H,26,33);1H. The third-order valence-corrected chi connectivity index (χ3v) is 4.83. The molecule has 0 aliphatic carbocycles. The molecule has 2 aromatic heterocycles. The first-order valence-electron chi connectivity index (χ1n) is 9.96. The van der Waals surface area contributed by atoms with Crippen molar-refractivity contribution in [2.24, 2.45) is 7.05 Å². The molecule has 3 amide bonds. The number of hydrogen-bond donors (Lipinski definition) is 1. The maximum Gasteiger partial charge on any atom is 0.419 e. The van der Waals surface area contributed by atoms with Crippen molar-refractivity contribution in [3.63, 3.8) is 0 Å². The van der Waals surface area contributed by atoms with Crippen LogP contribution in [0.3, 0.4) is 0 Å². The summed E-state index contributed by atoms with van der Waals surface area (Å²) in [5.41, 5.74) is -0.920. The predicted octanol–water partition coefficient (Wildman–Crippen LogP) is 3.99. The second kappa shape index (κ2) is 10.9. The molecule has 0 aliphatic rings. The summed E-state index contributed by atoms with van der Waals surface area (Å²) in [7, 11) is 5.32. The molecule has 0 fully saturated rings. The molecule has 190 valence electrons. The third kappa shape index (κ3) is 6.17. The van der Waals surface area contributed by atoms with Gasteiger partial charge in [-0.15, -0.1) is 12.4 Å². The van der Waals surface area contributed by atoms with E-state index in [0.29, 0.717) is 40.3 Å². The lowest BCUT2D eigenvalue weighted by atomic mass is 10.2. The first-order chi connectivity index (χ1) is 15.9. The van der Waals surface area contributed by atoms with Gasteiger partial charge < -0.3 is 15.0 Å². The van der Waals surface area contributed by atoms with Gasteiger partial charge in [-0.1, -0.05) is 0 Å². The van der Waals surface area contributed by atoms with E-state index in [1.54, 1.807) is 14.0 Å². The van der Waals surface area contributed by atoms with Crippen molar-refractivity contribution >= 4 is 47.3 Å². The number of urea groups is 1. The van der Waals surface area contributed by atoms with Crippen LogP contribution in [0.2, 0.25) is 0 Å². The molecule has 1 N–H and O–H groups in total. The summed E-state index contributed by atoms with van der Waals surface area (Å²) in [6.07, 6.45) is -4.79. The number of aryl methyl sites for hydroxylation is 2. The van der Waals surface area contributed by atoms with Crippen molar-refractivity contribution in [2.75, 3.05) is 37.5 Å². The van der Waals surface area contributed by atoms with Gasteiger partial charge in [0, 0.05) is 24.7 Å². The van der Waals surface area contributed by atoms with E-state index in [9.17, 15) is 27.2 Å². The average molecular weight is 519 g/mol. The van der Waals surface area contributed by atoms with Crippen LogP contribution in [0.1, 0.15) is 11.3 Å². The number of halogens is 5. The predicted molar refractivity (Wildman–Crippen MR) is 124 cm³/mol. The monoisotopic (exact) mass is 518 g/mol. The smallest absolute Gasteiger partial charge is 0.419 e. The first-order valence-corrected chi connectivity index (χ1v) is 9.96. The minimum absolute atomic E-state index is 0. The first kappa shape index (κ1) is 27.8. The van der Waals surface area contributed by atoms with Crippen LogP contribution < -0.4 is 15.0 Å². The number of rotatable bonds is 7. The number of nitrogens with one attached hydrogen (secondary N) is 1. The number of ether oxygens (including phenoxy) is 1. The summed E-state index contributed by atoms with van der Waals surface area (Å²) in [5, 5.41) is 6.98. The highest BCUT2D eigenvalue weighted by molar-refractivity contribution is 6.13. The number of carbonyl (C=O) groups excluding carboxylic acids is 2. The van der Waals surface area contributed by atoms with Crippen molar-refractivity contribution in [1.29, 1.82) is 0 Å². The molecule has 14 heteroatoms. The number of hydrogen-bond acceptors (Lipinski definition) is 6. The molecule has 0 saturated heterocycles. The van der Waals surface area contributed by atoms with Gasteiger partial charge in [-0.2, -0.15) is 23.3 Å². The fourth-order valence-corrected chi connectivity index (χ4v) is 3.14. The lowest BCUT2D eigenvalue weighted by molar-refractivity contribution is -0.139. The Balaban J connectivity index is 0.00000432. The minimum Gasteiger partial charge on any atom is -0.475 e. The Bertz CT molecular complexity index is 1230. The molecule has 3 rings (SSSR count). The van der Waals surface area contributed by atoms with E-state index < -0.39 is 23.6 Å². The summed E-state index contributed by atoms with van der Waals surface area (Å²) in [6.45, 7) is 2.39. The Morgan fingerprint density at radius 1 is 1.26 bits per heavy atom. The zero-order valence-corrected chi connectivity index (χ0v) is 20.0. The maximum atomic E-state index is 13.6. The molecule has 9 nitrogen and oxygen atoms in total. The molecule has 0 saturated carbocycles. The van der Waals surface area contributed by atoms with Crippen molar-refractivity contribution in [2.45, 2.75) is 13.1 Å². The number of nitrogens with zero attached hydrogens (tertiary/aromatic N) is 5. The SMILES string of the molecule is Cc1nn(C)c2nc(OCCN(C)C)c(N(C=O)C(=O)Nc3ccc(F)c(C(F)(F)F)c3)cc12.Cl. The third-order valence-electron chi connectivity index (χ3n) is 4.83. The van der Waals surface area contributed by atoms with Crippen LogP contribution >= 0.6 is 12.4 Å². The Morgan fingerprint density at radius 3 is 2.54 bits per heavy atom. The topological polar surface area (TPSA) is 92.6 Å². The number of likely N-dealkylation sites (N-methyl/N-ethyl adjacent to an activating group) is 1. The lowest BCUT2D eigenvalue weighted by Crippen LogP contribution is -2.34. The second-order valence-electron chi connectivity index (χ2n) is 7.64.